The van der Waals surface area contributed by atoms with E-state index >= 15 is 0 Å². The number of nitrogens with zero attached hydrogens (tertiary/aromatic N) is 1. The quantitative estimate of drug-likeness (QED) is 0.636. The molecule has 0 N–H and O–H groups in total. The predicted octanol–water partition coefficient (Wildman–Crippen LogP) is 4.34. The van der Waals surface area contributed by atoms with E-state index in [-0.39, 0.29) is 29.3 Å². The second kappa shape index (κ2) is 9.95. The highest BCUT2D eigenvalue weighted by molar-refractivity contribution is 7.90. The summed E-state index contributed by atoms with van der Waals surface area (Å²) < 4.78 is 54.7. The topological polar surface area (TPSA) is 82.1 Å². The molecule has 180 valence electrons. The van der Waals surface area contributed by atoms with Gasteiger partial charge in [0.1, 0.15) is 22.1 Å². The van der Waals surface area contributed by atoms with E-state index in [0.717, 1.165) is 50.8 Å². The predicted molar refractivity (Wildman–Crippen MR) is 118 cm³/mol. The first kappa shape index (κ1) is 24.8. The number of sulfone groups is 1. The third-order valence-corrected chi connectivity index (χ3v) is 6.84. The number of halogens is 1. The molecule has 9 heteroatoms. The van der Waals surface area contributed by atoms with Crippen molar-refractivity contribution in [3.8, 4) is 5.75 Å². The van der Waals surface area contributed by atoms with E-state index in [9.17, 15) is 17.6 Å². The van der Waals surface area contributed by atoms with Crippen LogP contribution in [0.15, 0.2) is 23.1 Å². The Morgan fingerprint density at radius 1 is 1.00 bits per heavy atom. The Kier molecular flexibility index (Phi) is 7.70. The fourth-order valence-corrected chi connectivity index (χ4v) is 4.84. The van der Waals surface area contributed by atoms with Crippen molar-refractivity contribution in [1.29, 1.82) is 0 Å². The molecule has 1 heterocycles. The molecule has 0 spiro atoms. The number of rotatable bonds is 5. The maximum absolute atomic E-state index is 14.1. The van der Waals surface area contributed by atoms with Crippen LogP contribution in [0.4, 0.5) is 9.18 Å². The molecule has 1 aromatic carbocycles. The van der Waals surface area contributed by atoms with Crippen LogP contribution in [0.3, 0.4) is 0 Å². The Hall–Kier alpha value is -1.87. The maximum atomic E-state index is 14.1. The Balaban J connectivity index is 1.40. The largest absolute Gasteiger partial charge is 0.490 e. The van der Waals surface area contributed by atoms with Crippen molar-refractivity contribution in [3.63, 3.8) is 0 Å². The van der Waals surface area contributed by atoms with Gasteiger partial charge in [0.25, 0.3) is 0 Å². The second-order valence-corrected chi connectivity index (χ2v) is 11.7. The summed E-state index contributed by atoms with van der Waals surface area (Å²) in [5.41, 5.74) is -0.493. The zero-order chi connectivity index (χ0) is 23.5. The van der Waals surface area contributed by atoms with E-state index in [1.807, 2.05) is 20.8 Å². The number of hydrogen-bond acceptors (Lipinski definition) is 6. The summed E-state index contributed by atoms with van der Waals surface area (Å²) in [5, 5.41) is 0. The van der Waals surface area contributed by atoms with Crippen molar-refractivity contribution in [2.75, 3.05) is 19.3 Å². The molecular weight excluding hydrogens is 437 g/mol. The minimum Gasteiger partial charge on any atom is -0.490 e. The van der Waals surface area contributed by atoms with Crippen molar-refractivity contribution < 1.29 is 31.8 Å². The first-order valence-electron chi connectivity index (χ1n) is 11.2. The third-order valence-electron chi connectivity index (χ3n) is 5.71. The van der Waals surface area contributed by atoms with E-state index in [1.165, 1.54) is 12.1 Å². The average Bonchev–Trinajstić information content (AvgIpc) is 2.68. The molecule has 0 radical (unpaired) electrons. The Bertz CT molecular complexity index is 898. The zero-order valence-electron chi connectivity index (χ0n) is 19.3. The lowest BCUT2D eigenvalue weighted by Gasteiger charge is -2.36. The van der Waals surface area contributed by atoms with Crippen LogP contribution in [0.2, 0.25) is 0 Å². The molecule has 0 unspecified atom stereocenters. The Morgan fingerprint density at radius 3 is 2.09 bits per heavy atom. The van der Waals surface area contributed by atoms with Gasteiger partial charge in [-0.05, 0) is 71.4 Å². The van der Waals surface area contributed by atoms with Crippen LogP contribution in [-0.2, 0) is 19.3 Å². The van der Waals surface area contributed by atoms with Gasteiger partial charge in [-0.1, -0.05) is 0 Å². The molecule has 1 saturated heterocycles. The van der Waals surface area contributed by atoms with Crippen LogP contribution < -0.4 is 4.74 Å². The average molecular weight is 472 g/mol. The van der Waals surface area contributed by atoms with Crippen molar-refractivity contribution in [2.24, 2.45) is 0 Å². The first-order valence-corrected chi connectivity index (χ1v) is 13.1. The van der Waals surface area contributed by atoms with E-state index in [0.29, 0.717) is 18.8 Å². The minimum atomic E-state index is -3.60. The van der Waals surface area contributed by atoms with Gasteiger partial charge in [0.2, 0.25) is 0 Å². The molecule has 1 aromatic rings. The van der Waals surface area contributed by atoms with E-state index in [1.54, 1.807) is 4.90 Å². The van der Waals surface area contributed by atoms with Crippen LogP contribution in [0.1, 0.15) is 59.3 Å². The van der Waals surface area contributed by atoms with Crippen LogP contribution in [0.5, 0.6) is 5.75 Å². The van der Waals surface area contributed by atoms with Crippen molar-refractivity contribution >= 4 is 15.9 Å². The molecule has 0 atom stereocenters. The van der Waals surface area contributed by atoms with E-state index < -0.39 is 21.3 Å². The van der Waals surface area contributed by atoms with Crippen LogP contribution in [0, 0.1) is 5.82 Å². The van der Waals surface area contributed by atoms with E-state index in [2.05, 4.69) is 0 Å². The van der Waals surface area contributed by atoms with Gasteiger partial charge >= 0.3 is 6.09 Å². The SMILES string of the molecule is CC(C)(C)OC(=O)N1CCC(OC2CCC(Oc3ccc(S(C)(=O)=O)c(F)c3)CC2)CC1. The van der Waals surface area contributed by atoms with Gasteiger partial charge in [-0.3, -0.25) is 0 Å². The number of carbonyl (C=O) groups is 1. The van der Waals surface area contributed by atoms with Crippen LogP contribution in [0.25, 0.3) is 0 Å². The molecule has 32 heavy (non-hydrogen) atoms. The third kappa shape index (κ3) is 7.07. The second-order valence-electron chi connectivity index (χ2n) is 9.68. The highest BCUT2D eigenvalue weighted by Crippen LogP contribution is 2.29. The lowest BCUT2D eigenvalue weighted by Crippen LogP contribution is -2.44. The normalized spacial score (nSPS) is 23.1. The first-order chi connectivity index (χ1) is 14.9. The molecule has 1 aliphatic carbocycles. The highest BCUT2D eigenvalue weighted by atomic mass is 32.2. The highest BCUT2D eigenvalue weighted by Gasteiger charge is 2.30. The van der Waals surface area contributed by atoms with Gasteiger partial charge in [-0.2, -0.15) is 0 Å². The fourth-order valence-electron chi connectivity index (χ4n) is 4.11. The minimum absolute atomic E-state index is 0.0488. The maximum Gasteiger partial charge on any atom is 0.410 e. The number of carbonyl (C=O) groups excluding carboxylic acids is 1. The van der Waals surface area contributed by atoms with Gasteiger partial charge < -0.3 is 19.1 Å². The fraction of sp³-hybridized carbons (Fsp3) is 0.696. The van der Waals surface area contributed by atoms with E-state index in [4.69, 9.17) is 14.2 Å². The summed E-state index contributed by atoms with van der Waals surface area (Å²) in [6.45, 7) is 6.85. The molecule has 1 aliphatic heterocycles. The summed E-state index contributed by atoms with van der Waals surface area (Å²) in [7, 11) is -3.60. The van der Waals surface area contributed by atoms with Crippen molar-refractivity contribution in [1.82, 2.24) is 4.90 Å². The monoisotopic (exact) mass is 471 g/mol. The van der Waals surface area contributed by atoms with Gasteiger partial charge in [-0.15, -0.1) is 0 Å². The van der Waals surface area contributed by atoms with Crippen molar-refractivity contribution in [2.45, 2.75) is 88.1 Å². The number of likely N-dealkylation sites (tertiary alicyclic amines) is 1. The number of amides is 1. The number of benzene rings is 1. The summed E-state index contributed by atoms with van der Waals surface area (Å²) >= 11 is 0. The smallest absolute Gasteiger partial charge is 0.410 e. The summed E-state index contributed by atoms with van der Waals surface area (Å²) in [6.07, 6.45) is 5.81. The molecule has 2 fully saturated rings. The lowest BCUT2D eigenvalue weighted by molar-refractivity contribution is -0.0676. The molecule has 1 amide bonds. The lowest BCUT2D eigenvalue weighted by atomic mass is 9.94. The summed E-state index contributed by atoms with van der Waals surface area (Å²) in [4.78, 5) is 13.6. The van der Waals surface area contributed by atoms with Gasteiger partial charge in [0, 0.05) is 25.4 Å². The standard InChI is InChI=1S/C23H34FNO6S/c1-23(2,3)31-22(26)25-13-11-18(12-14-25)29-16-5-7-17(8-6-16)30-19-9-10-21(20(24)15-19)32(4,27)28/h9-10,15-18H,5-8,11-14H2,1-4H3. The van der Waals surface area contributed by atoms with Gasteiger partial charge in [0.05, 0.1) is 18.3 Å². The molecule has 0 aromatic heterocycles. The van der Waals surface area contributed by atoms with Crippen LogP contribution >= 0.6 is 0 Å². The Labute approximate surface area is 190 Å². The molecule has 2 aliphatic rings. The zero-order valence-corrected chi connectivity index (χ0v) is 20.1. The number of ether oxygens (including phenoxy) is 3. The molecule has 3 rings (SSSR count). The molecule has 1 saturated carbocycles. The summed E-state index contributed by atoms with van der Waals surface area (Å²) in [6, 6.07) is 3.89. The van der Waals surface area contributed by atoms with Gasteiger partial charge in [-0.25, -0.2) is 17.6 Å². The molecular formula is C23H34FNO6S. The van der Waals surface area contributed by atoms with Gasteiger partial charge in [0.15, 0.2) is 9.84 Å². The Morgan fingerprint density at radius 2 is 1.56 bits per heavy atom. The summed E-state index contributed by atoms with van der Waals surface area (Å²) in [5.74, 6) is -0.450. The number of piperidine rings is 1. The van der Waals surface area contributed by atoms with Crippen molar-refractivity contribution in [3.05, 3.63) is 24.0 Å². The van der Waals surface area contributed by atoms with Crippen LogP contribution in [-0.4, -0.2) is 62.7 Å². The molecule has 0 bridgehead atoms. The number of hydrogen-bond donors (Lipinski definition) is 0. The molecule has 7 nitrogen and oxygen atoms in total.